The average Bonchev–Trinajstić information content (AvgIpc) is 3.09. The number of ether oxygens (including phenoxy) is 1. The van der Waals surface area contributed by atoms with Gasteiger partial charge in [-0.25, -0.2) is 0 Å². The van der Waals surface area contributed by atoms with Crippen molar-refractivity contribution in [3.63, 3.8) is 0 Å². The topological polar surface area (TPSA) is 36.3 Å². The molecule has 0 spiro atoms. The molecule has 1 fully saturated rings. The summed E-state index contributed by atoms with van der Waals surface area (Å²) in [5, 5.41) is 8.73. The number of benzene rings is 1. The lowest BCUT2D eigenvalue weighted by atomic mass is 10.1. The summed E-state index contributed by atoms with van der Waals surface area (Å²) in [5.41, 5.74) is 1.40. The van der Waals surface area contributed by atoms with E-state index < -0.39 is 0 Å². The van der Waals surface area contributed by atoms with Crippen LogP contribution < -0.4 is 4.74 Å². The maximum Gasteiger partial charge on any atom is 0.119 e. The molecular weight excluding hydrogens is 284 g/mol. The van der Waals surface area contributed by atoms with Gasteiger partial charge in [-0.3, -0.25) is 0 Å². The first-order valence-electron chi connectivity index (χ1n) is 9.11. The van der Waals surface area contributed by atoms with Crippen LogP contribution in [0.2, 0.25) is 0 Å². The van der Waals surface area contributed by atoms with E-state index in [1.54, 1.807) is 0 Å². The van der Waals surface area contributed by atoms with Crippen LogP contribution in [0, 0.1) is 17.2 Å². The van der Waals surface area contributed by atoms with Gasteiger partial charge in [-0.05, 0) is 89.2 Å². The van der Waals surface area contributed by atoms with Gasteiger partial charge in [0.25, 0.3) is 0 Å². The van der Waals surface area contributed by atoms with E-state index >= 15 is 0 Å². The van der Waals surface area contributed by atoms with Gasteiger partial charge in [-0.2, -0.15) is 5.26 Å². The zero-order valence-corrected chi connectivity index (χ0v) is 14.5. The Balaban J connectivity index is 1.57. The summed E-state index contributed by atoms with van der Waals surface area (Å²) in [5.74, 6) is 1.12. The second kappa shape index (κ2) is 10.3. The van der Waals surface area contributed by atoms with Crippen LogP contribution in [0.15, 0.2) is 24.3 Å². The Labute approximate surface area is 141 Å². The second-order valence-corrected chi connectivity index (χ2v) is 6.67. The Bertz CT molecular complexity index is 471. The van der Waals surface area contributed by atoms with Crippen LogP contribution in [0.25, 0.3) is 0 Å². The number of hydrogen-bond acceptors (Lipinski definition) is 3. The van der Waals surface area contributed by atoms with E-state index in [-0.39, 0.29) is 5.92 Å². The van der Waals surface area contributed by atoms with Crippen LogP contribution in [0.5, 0.6) is 5.75 Å². The molecule has 1 aliphatic rings. The van der Waals surface area contributed by atoms with E-state index in [1.807, 2.05) is 6.92 Å². The third kappa shape index (κ3) is 7.05. The molecule has 3 nitrogen and oxygen atoms in total. The van der Waals surface area contributed by atoms with Crippen LogP contribution in [0.3, 0.4) is 0 Å². The van der Waals surface area contributed by atoms with E-state index in [0.29, 0.717) is 0 Å². The Morgan fingerprint density at radius 1 is 1.13 bits per heavy atom. The number of rotatable bonds is 10. The highest BCUT2D eigenvalue weighted by molar-refractivity contribution is 5.27. The minimum Gasteiger partial charge on any atom is -0.494 e. The first-order chi connectivity index (χ1) is 11.3. The maximum absolute atomic E-state index is 8.73. The largest absolute Gasteiger partial charge is 0.494 e. The van der Waals surface area contributed by atoms with E-state index in [2.05, 4.69) is 35.2 Å². The number of aryl methyl sites for hydroxylation is 1. The summed E-state index contributed by atoms with van der Waals surface area (Å²) in [4.78, 5) is 2.57. The highest BCUT2D eigenvalue weighted by atomic mass is 16.5. The van der Waals surface area contributed by atoms with Crippen LogP contribution >= 0.6 is 0 Å². The normalized spacial score (nSPS) is 16.2. The van der Waals surface area contributed by atoms with Gasteiger partial charge < -0.3 is 9.64 Å². The van der Waals surface area contributed by atoms with Crippen molar-refractivity contribution in [2.75, 3.05) is 26.2 Å². The van der Waals surface area contributed by atoms with Crippen LogP contribution in [0.4, 0.5) is 0 Å². The highest BCUT2D eigenvalue weighted by Gasteiger charge is 2.10. The fourth-order valence-electron chi connectivity index (χ4n) is 3.07. The van der Waals surface area contributed by atoms with Crippen molar-refractivity contribution in [3.05, 3.63) is 29.8 Å². The minimum absolute atomic E-state index is 0.162. The monoisotopic (exact) mass is 314 g/mol. The summed E-state index contributed by atoms with van der Waals surface area (Å²) in [6.45, 7) is 6.54. The third-order valence-corrected chi connectivity index (χ3v) is 4.58. The van der Waals surface area contributed by atoms with E-state index in [4.69, 9.17) is 10.00 Å². The lowest BCUT2D eigenvalue weighted by Gasteiger charge is -2.14. The fourth-order valence-corrected chi connectivity index (χ4v) is 3.07. The third-order valence-electron chi connectivity index (χ3n) is 4.58. The van der Waals surface area contributed by atoms with E-state index in [0.717, 1.165) is 38.0 Å². The van der Waals surface area contributed by atoms with Gasteiger partial charge >= 0.3 is 0 Å². The Hall–Kier alpha value is -1.53. The number of unbranched alkanes of at least 4 members (excludes halogenated alkanes) is 1. The Morgan fingerprint density at radius 2 is 1.87 bits per heavy atom. The van der Waals surface area contributed by atoms with Crippen molar-refractivity contribution in [1.82, 2.24) is 4.90 Å². The lowest BCUT2D eigenvalue weighted by molar-refractivity contribution is 0.303. The Kier molecular flexibility index (Phi) is 7.97. The summed E-state index contributed by atoms with van der Waals surface area (Å²) in [6, 6.07) is 10.8. The van der Waals surface area contributed by atoms with Crippen molar-refractivity contribution in [1.29, 1.82) is 5.26 Å². The number of nitrogens with zero attached hydrogens (tertiary/aromatic N) is 2. The quantitative estimate of drug-likeness (QED) is 0.600. The molecule has 23 heavy (non-hydrogen) atoms. The molecule has 1 heterocycles. The molecule has 0 N–H and O–H groups in total. The number of likely N-dealkylation sites (tertiary alicyclic amines) is 1. The number of nitriles is 1. The van der Waals surface area contributed by atoms with Crippen molar-refractivity contribution < 1.29 is 4.74 Å². The van der Waals surface area contributed by atoms with E-state index in [1.165, 1.54) is 44.5 Å². The summed E-state index contributed by atoms with van der Waals surface area (Å²) < 4.78 is 5.77. The van der Waals surface area contributed by atoms with Crippen LogP contribution in [-0.4, -0.2) is 31.1 Å². The molecule has 0 bridgehead atoms. The fraction of sp³-hybridized carbons (Fsp3) is 0.650. The molecule has 1 aromatic rings. The van der Waals surface area contributed by atoms with Crippen molar-refractivity contribution in [2.24, 2.45) is 5.92 Å². The summed E-state index contributed by atoms with van der Waals surface area (Å²) in [7, 11) is 0. The van der Waals surface area contributed by atoms with Gasteiger partial charge in [0, 0.05) is 5.92 Å². The summed E-state index contributed by atoms with van der Waals surface area (Å²) in [6.07, 6.45) is 8.20. The van der Waals surface area contributed by atoms with Gasteiger partial charge in [0.15, 0.2) is 0 Å². The predicted molar refractivity (Wildman–Crippen MR) is 94.6 cm³/mol. The molecule has 0 amide bonds. The Morgan fingerprint density at radius 3 is 2.57 bits per heavy atom. The predicted octanol–water partition coefficient (Wildman–Crippen LogP) is 4.42. The molecule has 0 saturated carbocycles. The maximum atomic E-state index is 8.73. The molecular formula is C20H30N2O. The SMILES string of the molecule is CC(C#N)CCCCOc1ccc(CCCN2CCCC2)cc1. The number of hydrogen-bond donors (Lipinski definition) is 0. The zero-order valence-electron chi connectivity index (χ0n) is 14.5. The molecule has 1 atom stereocenters. The molecule has 1 aromatic carbocycles. The molecule has 3 heteroatoms. The van der Waals surface area contributed by atoms with Gasteiger partial charge in [-0.1, -0.05) is 12.1 Å². The van der Waals surface area contributed by atoms with Gasteiger partial charge in [0.1, 0.15) is 5.75 Å². The van der Waals surface area contributed by atoms with E-state index in [9.17, 15) is 0 Å². The molecule has 0 aromatic heterocycles. The first kappa shape index (κ1) is 17.8. The van der Waals surface area contributed by atoms with Crippen molar-refractivity contribution in [3.8, 4) is 11.8 Å². The van der Waals surface area contributed by atoms with Crippen LogP contribution in [-0.2, 0) is 6.42 Å². The average molecular weight is 314 g/mol. The minimum atomic E-state index is 0.162. The van der Waals surface area contributed by atoms with Gasteiger partial charge in [0.05, 0.1) is 12.7 Å². The van der Waals surface area contributed by atoms with Crippen molar-refractivity contribution in [2.45, 2.75) is 51.9 Å². The summed E-state index contributed by atoms with van der Waals surface area (Å²) >= 11 is 0. The molecule has 1 unspecified atom stereocenters. The van der Waals surface area contributed by atoms with Gasteiger partial charge in [0.2, 0.25) is 0 Å². The second-order valence-electron chi connectivity index (χ2n) is 6.67. The smallest absolute Gasteiger partial charge is 0.119 e. The zero-order chi connectivity index (χ0) is 16.3. The van der Waals surface area contributed by atoms with Crippen LogP contribution in [0.1, 0.15) is 51.0 Å². The molecule has 1 saturated heterocycles. The molecule has 2 rings (SSSR count). The standard InChI is InChI=1S/C20H30N2O/c1-18(17-21)7-2-5-16-23-20-11-9-19(10-12-20)8-6-15-22-13-3-4-14-22/h9-12,18H,2-8,13-16H2,1H3. The molecule has 1 aliphatic heterocycles. The molecule has 0 radical (unpaired) electrons. The first-order valence-corrected chi connectivity index (χ1v) is 9.11. The highest BCUT2D eigenvalue weighted by Crippen LogP contribution is 2.15. The van der Waals surface area contributed by atoms with Crippen molar-refractivity contribution >= 4 is 0 Å². The van der Waals surface area contributed by atoms with Gasteiger partial charge in [-0.15, -0.1) is 0 Å². The molecule has 126 valence electrons. The lowest BCUT2D eigenvalue weighted by Crippen LogP contribution is -2.20. The molecule has 0 aliphatic carbocycles.